The molecule has 1 aliphatic rings. The number of aromatic nitrogens is 3. The number of benzene rings is 2. The van der Waals surface area contributed by atoms with Gasteiger partial charge in [0.25, 0.3) is 0 Å². The summed E-state index contributed by atoms with van der Waals surface area (Å²) in [6, 6.07) is 9.56. The Hall–Kier alpha value is -4.18. The summed E-state index contributed by atoms with van der Waals surface area (Å²) < 4.78 is 22.7. The van der Waals surface area contributed by atoms with Gasteiger partial charge in [0.15, 0.2) is 11.6 Å². The van der Waals surface area contributed by atoms with Crippen LogP contribution in [-0.2, 0) is 13.1 Å². The lowest BCUT2D eigenvalue weighted by molar-refractivity contribution is 0.0697. The molecule has 0 aliphatic heterocycles. The minimum absolute atomic E-state index is 0.0129. The first-order valence-electron chi connectivity index (χ1n) is 11.1. The highest BCUT2D eigenvalue weighted by molar-refractivity contribution is 6.31. The van der Waals surface area contributed by atoms with E-state index in [0.717, 1.165) is 10.6 Å². The first kappa shape index (κ1) is 24.9. The Bertz CT molecular complexity index is 1480. The van der Waals surface area contributed by atoms with Gasteiger partial charge < -0.3 is 15.2 Å². The molecule has 0 radical (unpaired) electrons. The number of hydrogen-bond acceptors (Lipinski definition) is 6. The van der Waals surface area contributed by atoms with Gasteiger partial charge in [-0.2, -0.15) is 4.98 Å². The highest BCUT2D eigenvalue weighted by Gasteiger charge is 2.18. The molecule has 2 N–H and O–H groups in total. The van der Waals surface area contributed by atoms with E-state index in [0.29, 0.717) is 11.5 Å². The Morgan fingerprint density at radius 3 is 2.58 bits per heavy atom. The fourth-order valence-electron chi connectivity index (χ4n) is 3.65. The molecule has 186 valence electrons. The lowest BCUT2D eigenvalue weighted by Crippen LogP contribution is -2.43. The molecule has 1 heterocycles. The third-order valence-electron chi connectivity index (χ3n) is 5.54. The van der Waals surface area contributed by atoms with E-state index in [1.165, 1.54) is 41.0 Å². The quantitative estimate of drug-likeness (QED) is 0.456. The minimum Gasteiger partial charge on any atom is -0.478 e. The third kappa shape index (κ3) is 5.55. The zero-order chi connectivity index (χ0) is 25.8. The molecule has 2 aromatic carbocycles. The second kappa shape index (κ2) is 10.6. The normalized spacial score (nSPS) is 14.9. The van der Waals surface area contributed by atoms with Crippen LogP contribution in [0.1, 0.15) is 23.7 Å². The molecule has 11 heteroatoms. The van der Waals surface area contributed by atoms with Crippen molar-refractivity contribution < 1.29 is 19.0 Å². The molecular formula is C25H22ClFN4O5. The number of allylic oxidation sites excluding steroid dienone is 4. The van der Waals surface area contributed by atoms with E-state index in [9.17, 15) is 18.8 Å². The van der Waals surface area contributed by atoms with Gasteiger partial charge in [-0.25, -0.2) is 23.3 Å². The van der Waals surface area contributed by atoms with Crippen molar-refractivity contribution in [2.24, 2.45) is 5.92 Å². The monoisotopic (exact) mass is 512 g/mol. The first-order chi connectivity index (χ1) is 17.2. The van der Waals surface area contributed by atoms with Crippen molar-refractivity contribution in [2.75, 3.05) is 5.32 Å². The Balaban J connectivity index is 1.59. The van der Waals surface area contributed by atoms with Crippen LogP contribution in [0.25, 0.3) is 0 Å². The number of carboxylic acids is 1. The summed E-state index contributed by atoms with van der Waals surface area (Å²) in [5.41, 5.74) is -0.917. The maximum Gasteiger partial charge on any atom is 0.354 e. The lowest BCUT2D eigenvalue weighted by Gasteiger charge is -2.19. The van der Waals surface area contributed by atoms with Crippen molar-refractivity contribution >= 4 is 29.2 Å². The van der Waals surface area contributed by atoms with E-state index in [2.05, 4.69) is 10.3 Å². The molecule has 3 aromatic rings. The fraction of sp³-hybridized carbons (Fsp3) is 0.200. The fourth-order valence-corrected chi connectivity index (χ4v) is 3.81. The number of rotatable bonds is 8. The van der Waals surface area contributed by atoms with E-state index in [1.807, 2.05) is 12.2 Å². The average molecular weight is 513 g/mol. The predicted molar refractivity (Wildman–Crippen MR) is 133 cm³/mol. The molecule has 36 heavy (non-hydrogen) atoms. The summed E-state index contributed by atoms with van der Waals surface area (Å²) in [7, 11) is 0. The smallest absolute Gasteiger partial charge is 0.354 e. The van der Waals surface area contributed by atoms with Crippen molar-refractivity contribution in [3.8, 4) is 11.5 Å². The van der Waals surface area contributed by atoms with Crippen LogP contribution in [0.4, 0.5) is 16.0 Å². The van der Waals surface area contributed by atoms with Crippen molar-refractivity contribution in [1.82, 2.24) is 14.1 Å². The molecule has 0 saturated carbocycles. The van der Waals surface area contributed by atoms with Gasteiger partial charge in [0.1, 0.15) is 5.75 Å². The summed E-state index contributed by atoms with van der Waals surface area (Å²) in [5.74, 6) is -1.69. The van der Waals surface area contributed by atoms with E-state index >= 15 is 0 Å². The molecule has 1 aliphatic carbocycles. The van der Waals surface area contributed by atoms with Gasteiger partial charge in [0.2, 0.25) is 5.95 Å². The maximum atomic E-state index is 14.8. The molecule has 4 rings (SSSR count). The summed E-state index contributed by atoms with van der Waals surface area (Å²) in [4.78, 5) is 40.4. The van der Waals surface area contributed by atoms with Crippen molar-refractivity contribution in [2.45, 2.75) is 26.4 Å². The van der Waals surface area contributed by atoms with Crippen LogP contribution in [0.2, 0.25) is 0 Å². The maximum absolute atomic E-state index is 14.8. The zero-order valence-corrected chi connectivity index (χ0v) is 19.9. The minimum atomic E-state index is -1.08. The van der Waals surface area contributed by atoms with Gasteiger partial charge in [-0.15, -0.1) is 0 Å². The van der Waals surface area contributed by atoms with Gasteiger partial charge in [0.05, 0.1) is 5.56 Å². The molecule has 0 spiro atoms. The van der Waals surface area contributed by atoms with Crippen LogP contribution < -0.4 is 21.4 Å². The van der Waals surface area contributed by atoms with Crippen LogP contribution in [-0.4, -0.2) is 25.2 Å². The largest absolute Gasteiger partial charge is 0.478 e. The highest BCUT2D eigenvalue weighted by atomic mass is 35.5. The number of nitrogens with zero attached hydrogens (tertiary/aromatic N) is 3. The Morgan fingerprint density at radius 1 is 1.22 bits per heavy atom. The highest BCUT2D eigenvalue weighted by Crippen LogP contribution is 2.28. The van der Waals surface area contributed by atoms with Gasteiger partial charge >= 0.3 is 17.3 Å². The summed E-state index contributed by atoms with van der Waals surface area (Å²) >= 11 is 5.99. The van der Waals surface area contributed by atoms with E-state index in [1.54, 1.807) is 13.0 Å². The van der Waals surface area contributed by atoms with Crippen LogP contribution in [0.3, 0.4) is 0 Å². The van der Waals surface area contributed by atoms with Crippen LogP contribution in [0.15, 0.2) is 75.3 Å². The second-order valence-corrected chi connectivity index (χ2v) is 8.44. The van der Waals surface area contributed by atoms with Crippen LogP contribution >= 0.6 is 11.6 Å². The van der Waals surface area contributed by atoms with Gasteiger partial charge in [-0.3, -0.25) is 4.57 Å². The molecule has 0 saturated heterocycles. The van der Waals surface area contributed by atoms with Gasteiger partial charge in [0, 0.05) is 29.9 Å². The molecule has 9 nitrogen and oxygen atoms in total. The first-order valence-corrected chi connectivity index (χ1v) is 11.5. The molecule has 1 atom stereocenters. The number of carbonyl (C=O) groups is 1. The molecule has 0 fully saturated rings. The third-order valence-corrected chi connectivity index (χ3v) is 5.82. The van der Waals surface area contributed by atoms with Crippen molar-refractivity contribution in [3.63, 3.8) is 0 Å². The van der Waals surface area contributed by atoms with Crippen LogP contribution in [0, 0.1) is 11.7 Å². The molecular weight excluding hydrogens is 491 g/mol. The van der Waals surface area contributed by atoms with Gasteiger partial charge in [-0.1, -0.05) is 23.8 Å². The number of ether oxygens (including phenoxy) is 1. The number of anilines is 2. The predicted octanol–water partition coefficient (Wildman–Crippen LogP) is 4.50. The Labute approximate surface area is 209 Å². The molecule has 1 aromatic heterocycles. The summed E-state index contributed by atoms with van der Waals surface area (Å²) in [5, 5.41) is 12.5. The topological polar surface area (TPSA) is 115 Å². The number of carboxylic acid groups (broad SMARTS) is 1. The number of aromatic carboxylic acids is 1. The molecule has 0 bridgehead atoms. The van der Waals surface area contributed by atoms with E-state index < -0.39 is 23.2 Å². The van der Waals surface area contributed by atoms with Crippen molar-refractivity contribution in [1.29, 1.82) is 0 Å². The van der Waals surface area contributed by atoms with Crippen molar-refractivity contribution in [3.05, 3.63) is 98.1 Å². The van der Waals surface area contributed by atoms with Crippen LogP contribution in [0.5, 0.6) is 11.5 Å². The number of halogens is 2. The second-order valence-electron chi connectivity index (χ2n) is 8.00. The lowest BCUT2D eigenvalue weighted by atomic mass is 10.0. The summed E-state index contributed by atoms with van der Waals surface area (Å²) in [6.07, 6.45) is 6.09. The molecule has 0 amide bonds. The summed E-state index contributed by atoms with van der Waals surface area (Å²) in [6.45, 7) is 2.07. The Kier molecular flexibility index (Phi) is 7.35. The molecule has 1 unspecified atom stereocenters. The average Bonchev–Trinajstić information content (AvgIpc) is 2.85. The Morgan fingerprint density at radius 2 is 1.97 bits per heavy atom. The zero-order valence-electron chi connectivity index (χ0n) is 19.1. The number of hydrogen-bond donors (Lipinski definition) is 2. The number of nitrogens with one attached hydrogen (secondary N) is 1. The van der Waals surface area contributed by atoms with E-state index in [4.69, 9.17) is 21.4 Å². The standard InChI is InChI=1S/C25H22ClFN4O5/c1-2-30-24(34)29-23(31(25(30)35)14-15-3-7-17(26)8-4-15)28-18-9-12-21(20(27)13-18)36-19-10-5-16(6-11-19)22(32)33/h3,5-13,15H,2,4,14H2,1H3,(H,32,33)(H,28,29,34). The SMILES string of the molecule is CCn1c(=O)nc(Nc2ccc(Oc3ccc(C(=O)O)cc3)c(F)c2)n(CC2C=CC(Cl)=CC2)c1=O. The van der Waals surface area contributed by atoms with Gasteiger partial charge in [-0.05, 0) is 61.7 Å². The van der Waals surface area contributed by atoms with E-state index in [-0.39, 0.29) is 47.7 Å².